The summed E-state index contributed by atoms with van der Waals surface area (Å²) in [6.07, 6.45) is 0. The quantitative estimate of drug-likeness (QED) is 0.0688. The first-order chi connectivity index (χ1) is 69.8. The van der Waals surface area contributed by atoms with E-state index >= 15 is 0 Å². The molecule has 0 unspecified atom stereocenters. The van der Waals surface area contributed by atoms with Gasteiger partial charge in [0.2, 0.25) is 0 Å². The molecule has 0 atom stereocenters. The van der Waals surface area contributed by atoms with Gasteiger partial charge in [-0.1, -0.05) is 527 Å². The molecule has 27 rings (SSSR count). The minimum atomic E-state index is -0.0716. The van der Waals surface area contributed by atoms with Gasteiger partial charge in [0.25, 0.3) is 0 Å². The lowest BCUT2D eigenvalue weighted by Gasteiger charge is -2.23. The molecule has 0 spiro atoms. The highest BCUT2D eigenvalue weighted by molar-refractivity contribution is 6.56. The Balaban J connectivity index is 0.000000113. The SMILES string of the molecule is CC1(C)c2ccccc2-c2ccc(-c3c4ccccc4c(-c4ccc5c(-c6ccccc6)c6ccccc6c(-c6ccccc6)c5c4)c4ccccc34)cc21.Clc1c(Cl)c(Cl)c(-c2ccc3c(-c4ccc5ccccc5c4)c4ccccc4c(-c4ccc5ccccc5c4)c3c2)c(Cl)c1Cl.c1ccc(-c2c3ccccc3c(-c3ccccc3)c3cc(-c4ccc(-c5cccc6ccccc56)cc4)ccc23)cc1. The monoisotopic (exact) mass is 1910 g/mol. The van der Waals surface area contributed by atoms with Crippen LogP contribution in [0.15, 0.2) is 491 Å². The lowest BCUT2D eigenvalue weighted by molar-refractivity contribution is 0.660. The molecule has 0 nitrogen and oxygen atoms in total. The number of hydrogen-bond acceptors (Lipinski definition) is 0. The molecule has 0 radical (unpaired) electrons. The topological polar surface area (TPSA) is 0 Å². The Morgan fingerprint density at radius 1 is 0.127 bits per heavy atom. The molecule has 0 saturated carbocycles. The smallest absolute Gasteiger partial charge is 0.0809 e. The molecule has 26 aromatic rings. The van der Waals surface area contributed by atoms with Gasteiger partial charge in [0.05, 0.1) is 25.1 Å². The predicted octanol–water partition coefficient (Wildman–Crippen LogP) is 41.7. The molecule has 1 aliphatic carbocycles. The molecule has 0 aliphatic heterocycles. The molecule has 0 aromatic heterocycles. The Labute approximate surface area is 849 Å². The van der Waals surface area contributed by atoms with E-state index in [1.807, 2.05) is 6.07 Å². The maximum absolute atomic E-state index is 6.80. The van der Waals surface area contributed by atoms with Gasteiger partial charge in [-0.15, -0.1) is 0 Å². The van der Waals surface area contributed by atoms with Gasteiger partial charge < -0.3 is 0 Å². The fraction of sp³-hybridized carbons (Fsp3) is 0.0219. The molecule has 142 heavy (non-hydrogen) atoms. The first-order valence-corrected chi connectivity index (χ1v) is 50.2. The molecule has 0 amide bonds. The summed E-state index contributed by atoms with van der Waals surface area (Å²) in [4.78, 5) is 0. The second kappa shape index (κ2) is 36.3. The van der Waals surface area contributed by atoms with Gasteiger partial charge in [0.15, 0.2) is 0 Å². The van der Waals surface area contributed by atoms with Gasteiger partial charge in [-0.25, -0.2) is 0 Å². The van der Waals surface area contributed by atoms with Crippen molar-refractivity contribution in [1.29, 1.82) is 0 Å². The normalized spacial score (nSPS) is 12.1. The summed E-state index contributed by atoms with van der Waals surface area (Å²) in [5.41, 5.74) is 31.4. The van der Waals surface area contributed by atoms with Crippen LogP contribution in [0.1, 0.15) is 25.0 Å². The van der Waals surface area contributed by atoms with Gasteiger partial charge in [-0.05, 0) is 294 Å². The van der Waals surface area contributed by atoms with Crippen molar-refractivity contribution in [1.82, 2.24) is 0 Å². The first kappa shape index (κ1) is 87.5. The van der Waals surface area contributed by atoms with Gasteiger partial charge in [0.1, 0.15) is 0 Å². The molecule has 1 aliphatic rings. The summed E-state index contributed by atoms with van der Waals surface area (Å²) < 4.78 is 0. The van der Waals surface area contributed by atoms with E-state index in [0.717, 1.165) is 44.0 Å². The third kappa shape index (κ3) is 15.1. The van der Waals surface area contributed by atoms with Crippen LogP contribution in [0.5, 0.6) is 0 Å². The van der Waals surface area contributed by atoms with E-state index < -0.39 is 0 Å². The number of hydrogen-bond donors (Lipinski definition) is 0. The molecular weight excluding hydrogens is 1820 g/mol. The summed E-state index contributed by atoms with van der Waals surface area (Å²) in [6.45, 7) is 4.74. The van der Waals surface area contributed by atoms with E-state index in [9.17, 15) is 0 Å². The largest absolute Gasteiger partial charge is 0.0819 e. The van der Waals surface area contributed by atoms with Gasteiger partial charge in [0, 0.05) is 11.0 Å². The maximum Gasteiger partial charge on any atom is 0.0809 e. The zero-order valence-electron chi connectivity index (χ0n) is 77.7. The number of benzene rings is 26. The standard InChI is InChI=1S/C55H38.C42H28.C40H21Cl5/c1-55(2)49-28-16-15-21-39(49)40-31-29-38(34-50(40)55)54-45-26-13-11-24-43(45)53(44-25-12-14-27-46(44)54)37-30-32-47-48(33-37)52(36-19-7-4-8-20-36)42-23-10-9-22-41(42)51(47)35-17-5-3-6-18-35;1-3-13-32(14-4-1)41-37-19-9-10-20-38(37)42(33-15-5-2-6-16-33)40-28-34(26-27-39(40)41)29-22-24-31(25-23-29)36-21-11-17-30-12-7-8-18-35(30)36;41-36-35(37(42)39(44)40(45)38(36)43)28-17-18-31-32(21-28)34(27-16-14-23-8-2-4-10-25(23)20-27)30-12-6-5-11-29(30)33(31)26-15-13-22-7-1-3-9-24(22)19-26/h3-34H,1-2H3;1-28H;1-21H. The van der Waals surface area contributed by atoms with E-state index in [0.29, 0.717) is 5.56 Å². The minimum Gasteiger partial charge on any atom is -0.0819 e. The van der Waals surface area contributed by atoms with Crippen molar-refractivity contribution in [3.05, 3.63) is 528 Å². The second-order valence-corrected chi connectivity index (χ2v) is 39.5. The van der Waals surface area contributed by atoms with Gasteiger partial charge in [-0.2, -0.15) is 0 Å². The van der Waals surface area contributed by atoms with E-state index in [1.165, 1.54) is 214 Å². The Morgan fingerprint density at radius 2 is 0.373 bits per heavy atom. The van der Waals surface area contributed by atoms with Gasteiger partial charge in [-0.3, -0.25) is 0 Å². The Hall–Kier alpha value is -16.0. The number of fused-ring (bicyclic) bond motifs is 14. The van der Waals surface area contributed by atoms with Crippen LogP contribution in [0.3, 0.4) is 0 Å². The molecular formula is C137H87Cl5. The summed E-state index contributed by atoms with van der Waals surface area (Å²) in [6, 6.07) is 179. The zero-order chi connectivity index (χ0) is 95.4. The van der Waals surface area contributed by atoms with Crippen LogP contribution >= 0.6 is 58.0 Å². The van der Waals surface area contributed by atoms with Crippen molar-refractivity contribution >= 4 is 177 Å². The van der Waals surface area contributed by atoms with Crippen molar-refractivity contribution in [3.63, 3.8) is 0 Å². The number of halogens is 5. The van der Waals surface area contributed by atoms with Crippen LogP contribution in [0.2, 0.25) is 25.1 Å². The molecule has 26 aromatic carbocycles. The zero-order valence-corrected chi connectivity index (χ0v) is 81.4. The van der Waals surface area contributed by atoms with E-state index in [4.69, 9.17) is 58.0 Å². The van der Waals surface area contributed by atoms with Crippen molar-refractivity contribution in [3.8, 4) is 134 Å². The van der Waals surface area contributed by atoms with Crippen LogP contribution in [-0.4, -0.2) is 0 Å². The molecule has 0 saturated heterocycles. The maximum atomic E-state index is 6.80. The Morgan fingerprint density at radius 3 is 0.789 bits per heavy atom. The summed E-state index contributed by atoms with van der Waals surface area (Å²) >= 11 is 33.0. The van der Waals surface area contributed by atoms with Crippen molar-refractivity contribution in [2.24, 2.45) is 0 Å². The highest BCUT2D eigenvalue weighted by atomic mass is 35.5. The van der Waals surface area contributed by atoms with Crippen molar-refractivity contribution < 1.29 is 0 Å². The Kier molecular flexibility index (Phi) is 22.4. The molecule has 0 N–H and O–H groups in total. The lowest BCUT2D eigenvalue weighted by Crippen LogP contribution is -2.14. The lowest BCUT2D eigenvalue weighted by atomic mass is 9.80. The van der Waals surface area contributed by atoms with Crippen LogP contribution in [0, 0.1) is 0 Å². The molecule has 0 heterocycles. The van der Waals surface area contributed by atoms with Crippen molar-refractivity contribution in [2.75, 3.05) is 0 Å². The highest BCUT2D eigenvalue weighted by Crippen LogP contribution is 2.57. The first-order valence-electron chi connectivity index (χ1n) is 48.3. The fourth-order valence-corrected chi connectivity index (χ4v) is 24.1. The van der Waals surface area contributed by atoms with Crippen LogP contribution < -0.4 is 0 Å². The van der Waals surface area contributed by atoms with E-state index in [-0.39, 0.29) is 30.5 Å². The van der Waals surface area contributed by atoms with Gasteiger partial charge >= 0.3 is 0 Å². The average Bonchev–Trinajstić information content (AvgIpc) is 1.20. The average molecular weight is 1910 g/mol. The third-order valence-electron chi connectivity index (χ3n) is 29.3. The number of rotatable bonds is 11. The van der Waals surface area contributed by atoms with Crippen LogP contribution in [0.25, 0.3) is 252 Å². The highest BCUT2D eigenvalue weighted by Gasteiger charge is 2.36. The van der Waals surface area contributed by atoms with E-state index in [1.54, 1.807) is 0 Å². The Bertz CT molecular complexity index is 9510. The summed E-state index contributed by atoms with van der Waals surface area (Å²) in [5, 5.41) is 28.0. The van der Waals surface area contributed by atoms with E-state index in [2.05, 4.69) is 499 Å². The predicted molar refractivity (Wildman–Crippen MR) is 614 cm³/mol. The van der Waals surface area contributed by atoms with Crippen LogP contribution in [-0.2, 0) is 5.41 Å². The van der Waals surface area contributed by atoms with Crippen LogP contribution in [0.4, 0.5) is 0 Å². The minimum absolute atomic E-state index is 0.0716. The second-order valence-electron chi connectivity index (χ2n) is 37.6. The summed E-state index contributed by atoms with van der Waals surface area (Å²) in [7, 11) is 0. The summed E-state index contributed by atoms with van der Waals surface area (Å²) in [5.74, 6) is 0. The molecule has 0 bridgehead atoms. The molecule has 670 valence electrons. The molecule has 0 fully saturated rings. The molecule has 5 heteroatoms. The van der Waals surface area contributed by atoms with Crippen molar-refractivity contribution in [2.45, 2.75) is 19.3 Å². The third-order valence-corrected chi connectivity index (χ3v) is 31.6. The fourth-order valence-electron chi connectivity index (χ4n) is 22.8.